The molecule has 1 aromatic heterocycles. The summed E-state index contributed by atoms with van der Waals surface area (Å²) in [6.45, 7) is 1.84. The first-order valence-electron chi connectivity index (χ1n) is 9.08. The molecular formula is C23H19ClN2O2. The minimum absolute atomic E-state index is 0.175. The first kappa shape index (κ1) is 18.3. The van der Waals surface area contributed by atoms with Gasteiger partial charge in [-0.1, -0.05) is 71.8 Å². The zero-order valence-electron chi connectivity index (χ0n) is 15.4. The molecule has 4 nitrogen and oxygen atoms in total. The Bertz CT molecular complexity index is 1130. The number of para-hydroxylation sites is 1. The maximum atomic E-state index is 11.6. The van der Waals surface area contributed by atoms with E-state index >= 15 is 0 Å². The van der Waals surface area contributed by atoms with Crippen molar-refractivity contribution in [3.05, 3.63) is 105 Å². The van der Waals surface area contributed by atoms with Crippen LogP contribution in [0.2, 0.25) is 5.02 Å². The van der Waals surface area contributed by atoms with Crippen molar-refractivity contribution < 1.29 is 4.92 Å². The number of nitrogens with one attached hydrogen (secondary N) is 1. The van der Waals surface area contributed by atoms with E-state index in [1.54, 1.807) is 0 Å². The van der Waals surface area contributed by atoms with Gasteiger partial charge in [0.1, 0.15) is 0 Å². The fourth-order valence-corrected chi connectivity index (χ4v) is 3.81. The fraction of sp³-hybridized carbons (Fsp3) is 0.130. The molecule has 0 amide bonds. The predicted octanol–water partition coefficient (Wildman–Crippen LogP) is 6.21. The monoisotopic (exact) mass is 390 g/mol. The van der Waals surface area contributed by atoms with Crippen LogP contribution in [0.5, 0.6) is 0 Å². The third-order valence-corrected chi connectivity index (χ3v) is 5.29. The number of aromatic nitrogens is 1. The van der Waals surface area contributed by atoms with Crippen molar-refractivity contribution in [2.24, 2.45) is 0 Å². The zero-order chi connectivity index (χ0) is 19.7. The van der Waals surface area contributed by atoms with Gasteiger partial charge in [-0.3, -0.25) is 10.1 Å². The van der Waals surface area contributed by atoms with Crippen molar-refractivity contribution >= 4 is 22.5 Å². The standard InChI is InChI=1S/C23H19ClN2O2/c1-15-6-8-16(9-7-15)20(14-26(27)28)22-19-4-2-3-5-21(19)25-23(22)17-10-12-18(24)13-11-17/h2-13,20,25H,14H2,1H3/t20-/m1/s1. The predicted molar refractivity (Wildman–Crippen MR) is 114 cm³/mol. The van der Waals surface area contributed by atoms with E-state index in [0.717, 1.165) is 38.9 Å². The molecule has 3 aromatic carbocycles. The van der Waals surface area contributed by atoms with Crippen LogP contribution < -0.4 is 0 Å². The summed E-state index contributed by atoms with van der Waals surface area (Å²) < 4.78 is 0. The number of H-pyrrole nitrogens is 1. The van der Waals surface area contributed by atoms with Crippen molar-refractivity contribution in [1.29, 1.82) is 0 Å². The molecule has 0 fully saturated rings. The van der Waals surface area contributed by atoms with Gasteiger partial charge in [0.15, 0.2) is 0 Å². The fourth-order valence-electron chi connectivity index (χ4n) is 3.68. The normalized spacial score (nSPS) is 12.2. The van der Waals surface area contributed by atoms with Gasteiger partial charge in [0.2, 0.25) is 6.54 Å². The van der Waals surface area contributed by atoms with Crippen LogP contribution in [0.1, 0.15) is 22.6 Å². The Hall–Kier alpha value is -3.11. The van der Waals surface area contributed by atoms with Gasteiger partial charge in [-0.2, -0.15) is 0 Å². The van der Waals surface area contributed by atoms with Gasteiger partial charge in [0.05, 0.1) is 11.6 Å². The lowest BCUT2D eigenvalue weighted by molar-refractivity contribution is -0.481. The van der Waals surface area contributed by atoms with Crippen molar-refractivity contribution in [2.75, 3.05) is 6.54 Å². The number of aromatic amines is 1. The minimum Gasteiger partial charge on any atom is -0.354 e. The third kappa shape index (κ3) is 3.51. The Morgan fingerprint density at radius 3 is 2.36 bits per heavy atom. The zero-order valence-corrected chi connectivity index (χ0v) is 16.1. The second-order valence-corrected chi connectivity index (χ2v) is 7.38. The molecule has 0 aliphatic heterocycles. The maximum absolute atomic E-state index is 11.6. The van der Waals surface area contributed by atoms with Crippen molar-refractivity contribution in [3.8, 4) is 11.3 Å². The number of fused-ring (bicyclic) bond motifs is 1. The lowest BCUT2D eigenvalue weighted by Gasteiger charge is -2.16. The largest absolute Gasteiger partial charge is 0.354 e. The van der Waals surface area contributed by atoms with Gasteiger partial charge in [-0.05, 0) is 41.8 Å². The molecule has 0 radical (unpaired) electrons. The van der Waals surface area contributed by atoms with Crippen LogP contribution in [0.4, 0.5) is 0 Å². The Morgan fingerprint density at radius 2 is 1.68 bits per heavy atom. The smallest absolute Gasteiger partial charge is 0.214 e. The van der Waals surface area contributed by atoms with Crippen LogP contribution in [0.3, 0.4) is 0 Å². The molecule has 5 heteroatoms. The SMILES string of the molecule is Cc1ccc([C@@H](C[N+](=O)[O-])c2c(-c3ccc(Cl)cc3)[nH]c3ccccc23)cc1. The lowest BCUT2D eigenvalue weighted by atomic mass is 9.87. The van der Waals surface area contributed by atoms with Crippen molar-refractivity contribution in [1.82, 2.24) is 4.98 Å². The molecule has 1 N–H and O–H groups in total. The van der Waals surface area contributed by atoms with E-state index in [4.69, 9.17) is 11.6 Å². The number of hydrogen-bond donors (Lipinski definition) is 1. The van der Waals surface area contributed by atoms with Crippen molar-refractivity contribution in [2.45, 2.75) is 12.8 Å². The highest BCUT2D eigenvalue weighted by Crippen LogP contribution is 2.39. The van der Waals surface area contributed by atoms with E-state index in [9.17, 15) is 10.1 Å². The molecule has 4 aromatic rings. The van der Waals surface area contributed by atoms with E-state index in [2.05, 4.69) is 4.98 Å². The first-order valence-corrected chi connectivity index (χ1v) is 9.45. The molecule has 0 spiro atoms. The molecule has 0 saturated carbocycles. The number of aryl methyl sites for hydroxylation is 1. The van der Waals surface area contributed by atoms with E-state index in [1.807, 2.05) is 79.7 Å². The van der Waals surface area contributed by atoms with Crippen LogP contribution >= 0.6 is 11.6 Å². The lowest BCUT2D eigenvalue weighted by Crippen LogP contribution is -2.14. The molecular weight excluding hydrogens is 372 g/mol. The summed E-state index contributed by atoms with van der Waals surface area (Å²) in [5, 5.41) is 13.2. The molecule has 0 saturated heterocycles. The third-order valence-electron chi connectivity index (χ3n) is 5.04. The number of nitrogens with zero attached hydrogens (tertiary/aromatic N) is 1. The summed E-state index contributed by atoms with van der Waals surface area (Å²) in [6, 6.07) is 23.4. The molecule has 1 heterocycles. The van der Waals surface area contributed by atoms with E-state index < -0.39 is 0 Å². The van der Waals surface area contributed by atoms with Gasteiger partial charge in [-0.15, -0.1) is 0 Å². The summed E-state index contributed by atoms with van der Waals surface area (Å²) in [7, 11) is 0. The Balaban J connectivity index is 1.97. The molecule has 0 unspecified atom stereocenters. The number of halogens is 1. The summed E-state index contributed by atoms with van der Waals surface area (Å²) >= 11 is 6.06. The van der Waals surface area contributed by atoms with Gasteiger partial charge in [0, 0.05) is 20.8 Å². The molecule has 0 aliphatic rings. The first-order chi connectivity index (χ1) is 13.5. The van der Waals surface area contributed by atoms with Gasteiger partial charge in [-0.25, -0.2) is 0 Å². The van der Waals surface area contributed by atoms with Crippen LogP contribution in [-0.2, 0) is 0 Å². The summed E-state index contributed by atoms with van der Waals surface area (Å²) in [4.78, 5) is 14.8. The van der Waals surface area contributed by atoms with Crippen LogP contribution in [0.15, 0.2) is 72.8 Å². The highest BCUT2D eigenvalue weighted by atomic mass is 35.5. The summed E-state index contributed by atoms with van der Waals surface area (Å²) in [5.41, 5.74) is 5.81. The Labute approximate surface area is 167 Å². The quantitative estimate of drug-likeness (QED) is 0.325. The number of hydrogen-bond acceptors (Lipinski definition) is 2. The Morgan fingerprint density at radius 1 is 1.00 bits per heavy atom. The number of benzene rings is 3. The number of rotatable bonds is 5. The summed E-state index contributed by atoms with van der Waals surface area (Å²) in [6.07, 6.45) is 0. The molecule has 0 bridgehead atoms. The second kappa shape index (κ2) is 7.49. The Kier molecular flexibility index (Phi) is 4.88. The molecule has 1 atom stereocenters. The number of nitro groups is 1. The average Bonchev–Trinajstić information content (AvgIpc) is 3.06. The van der Waals surface area contributed by atoms with Crippen LogP contribution in [0, 0.1) is 17.0 Å². The molecule has 4 rings (SSSR count). The van der Waals surface area contributed by atoms with Crippen molar-refractivity contribution in [3.63, 3.8) is 0 Å². The van der Waals surface area contributed by atoms with Crippen LogP contribution in [0.25, 0.3) is 22.2 Å². The van der Waals surface area contributed by atoms with E-state index in [0.29, 0.717) is 5.02 Å². The second-order valence-electron chi connectivity index (χ2n) is 6.94. The topological polar surface area (TPSA) is 58.9 Å². The average molecular weight is 391 g/mol. The van der Waals surface area contributed by atoms with E-state index in [1.165, 1.54) is 0 Å². The maximum Gasteiger partial charge on any atom is 0.214 e. The van der Waals surface area contributed by atoms with Gasteiger partial charge >= 0.3 is 0 Å². The summed E-state index contributed by atoms with van der Waals surface area (Å²) in [5.74, 6) is -0.363. The van der Waals surface area contributed by atoms with Gasteiger partial charge in [0.25, 0.3) is 0 Å². The molecule has 140 valence electrons. The highest BCUT2D eigenvalue weighted by Gasteiger charge is 2.27. The highest BCUT2D eigenvalue weighted by molar-refractivity contribution is 6.30. The molecule has 0 aliphatic carbocycles. The van der Waals surface area contributed by atoms with E-state index in [-0.39, 0.29) is 17.4 Å². The minimum atomic E-state index is -0.363. The molecule has 28 heavy (non-hydrogen) atoms. The van der Waals surface area contributed by atoms with Gasteiger partial charge < -0.3 is 4.98 Å². The van der Waals surface area contributed by atoms with Crippen LogP contribution in [-0.4, -0.2) is 16.5 Å².